The fourth-order valence-electron chi connectivity index (χ4n) is 1.89. The van der Waals surface area contributed by atoms with Crippen LogP contribution in [-0.2, 0) is 0 Å². The molecule has 0 amide bonds. The first-order valence-electron chi connectivity index (χ1n) is 6.55. The number of benzene rings is 1. The second kappa shape index (κ2) is 6.70. The number of aromatic nitrogens is 2. The van der Waals surface area contributed by atoms with Crippen molar-refractivity contribution >= 4 is 15.9 Å². The molecule has 2 aromatic rings. The Labute approximate surface area is 127 Å². The molecule has 5 heteroatoms. The minimum atomic E-state index is 0.593. The number of nitrogens with zero attached hydrogens (tertiary/aromatic N) is 2. The minimum Gasteiger partial charge on any atom is -0.490 e. The smallest absolute Gasteiger partial charge is 0.161 e. The molecule has 20 heavy (non-hydrogen) atoms. The van der Waals surface area contributed by atoms with E-state index in [2.05, 4.69) is 25.9 Å². The van der Waals surface area contributed by atoms with Crippen LogP contribution in [0.5, 0.6) is 11.5 Å². The van der Waals surface area contributed by atoms with Crippen molar-refractivity contribution in [1.29, 1.82) is 0 Å². The topological polar surface area (TPSA) is 44.2 Å². The summed E-state index contributed by atoms with van der Waals surface area (Å²) in [6.07, 6.45) is 0. The highest BCUT2D eigenvalue weighted by Crippen LogP contribution is 2.32. The molecule has 1 aromatic heterocycles. The summed E-state index contributed by atoms with van der Waals surface area (Å²) >= 11 is 3.39. The Hall–Kier alpha value is -1.62. The van der Waals surface area contributed by atoms with Gasteiger partial charge >= 0.3 is 0 Å². The zero-order valence-electron chi connectivity index (χ0n) is 11.8. The van der Waals surface area contributed by atoms with E-state index < -0.39 is 0 Å². The van der Waals surface area contributed by atoms with Crippen molar-refractivity contribution < 1.29 is 9.47 Å². The van der Waals surface area contributed by atoms with Gasteiger partial charge < -0.3 is 9.47 Å². The van der Waals surface area contributed by atoms with Crippen molar-refractivity contribution in [2.75, 3.05) is 13.2 Å². The molecule has 0 aliphatic carbocycles. The van der Waals surface area contributed by atoms with Gasteiger partial charge in [0.05, 0.1) is 18.9 Å². The Balaban J connectivity index is 2.43. The van der Waals surface area contributed by atoms with E-state index in [9.17, 15) is 0 Å². The van der Waals surface area contributed by atoms with Crippen molar-refractivity contribution in [1.82, 2.24) is 9.97 Å². The van der Waals surface area contributed by atoms with E-state index in [1.807, 2.05) is 45.0 Å². The summed E-state index contributed by atoms with van der Waals surface area (Å²) in [5, 5.41) is 0. The van der Waals surface area contributed by atoms with Crippen LogP contribution in [0.2, 0.25) is 0 Å². The lowest BCUT2D eigenvalue weighted by molar-refractivity contribution is 0.288. The molecule has 0 radical (unpaired) electrons. The Morgan fingerprint density at radius 2 is 1.70 bits per heavy atom. The molecule has 1 aromatic carbocycles. The predicted octanol–water partition coefficient (Wildman–Crippen LogP) is 4.01. The van der Waals surface area contributed by atoms with Crippen molar-refractivity contribution in [2.45, 2.75) is 20.8 Å². The van der Waals surface area contributed by atoms with Gasteiger partial charge in [-0.2, -0.15) is 0 Å². The first-order valence-corrected chi connectivity index (χ1v) is 7.34. The number of hydrogen-bond donors (Lipinski definition) is 0. The third-order valence-electron chi connectivity index (χ3n) is 2.65. The minimum absolute atomic E-state index is 0.593. The Morgan fingerprint density at radius 3 is 2.35 bits per heavy atom. The Bertz CT molecular complexity index is 582. The maximum absolute atomic E-state index is 5.63. The number of aryl methyl sites for hydroxylation is 1. The van der Waals surface area contributed by atoms with Gasteiger partial charge in [0.1, 0.15) is 10.4 Å². The normalized spacial score (nSPS) is 10.4. The molecule has 0 unspecified atom stereocenters. The van der Waals surface area contributed by atoms with Gasteiger partial charge in [-0.3, -0.25) is 0 Å². The van der Waals surface area contributed by atoms with Crippen LogP contribution in [0.1, 0.15) is 19.7 Å². The largest absolute Gasteiger partial charge is 0.490 e. The lowest BCUT2D eigenvalue weighted by atomic mass is 10.1. The van der Waals surface area contributed by atoms with Crippen LogP contribution in [0.15, 0.2) is 28.9 Å². The van der Waals surface area contributed by atoms with Crippen molar-refractivity contribution in [2.24, 2.45) is 0 Å². The highest BCUT2D eigenvalue weighted by atomic mass is 79.9. The van der Waals surface area contributed by atoms with Crippen molar-refractivity contribution in [3.05, 3.63) is 34.7 Å². The molecule has 0 aliphatic rings. The lowest BCUT2D eigenvalue weighted by Crippen LogP contribution is -1.99. The van der Waals surface area contributed by atoms with Crippen LogP contribution in [0.3, 0.4) is 0 Å². The first kappa shape index (κ1) is 14.8. The monoisotopic (exact) mass is 336 g/mol. The second-order valence-corrected chi connectivity index (χ2v) is 4.96. The van der Waals surface area contributed by atoms with E-state index in [1.165, 1.54) is 0 Å². The van der Waals surface area contributed by atoms with E-state index in [-0.39, 0.29) is 0 Å². The van der Waals surface area contributed by atoms with Gasteiger partial charge in [-0.1, -0.05) is 0 Å². The third-order valence-corrected chi connectivity index (χ3v) is 3.05. The van der Waals surface area contributed by atoms with Gasteiger partial charge in [-0.25, -0.2) is 9.97 Å². The molecule has 106 valence electrons. The maximum atomic E-state index is 5.63. The van der Waals surface area contributed by atoms with E-state index in [0.29, 0.717) is 13.2 Å². The van der Waals surface area contributed by atoms with Gasteiger partial charge in [0.2, 0.25) is 0 Å². The van der Waals surface area contributed by atoms with Crippen molar-refractivity contribution in [3.63, 3.8) is 0 Å². The molecule has 1 heterocycles. The summed E-state index contributed by atoms with van der Waals surface area (Å²) in [5.41, 5.74) is 1.83. The van der Waals surface area contributed by atoms with Gasteiger partial charge in [-0.05, 0) is 61.0 Å². The Kier molecular flexibility index (Phi) is 4.95. The van der Waals surface area contributed by atoms with Crippen LogP contribution in [0, 0.1) is 6.92 Å². The highest BCUT2D eigenvalue weighted by Gasteiger charge is 2.09. The lowest BCUT2D eigenvalue weighted by Gasteiger charge is -2.12. The zero-order chi connectivity index (χ0) is 14.5. The van der Waals surface area contributed by atoms with Crippen LogP contribution in [0.25, 0.3) is 11.3 Å². The summed E-state index contributed by atoms with van der Waals surface area (Å²) < 4.78 is 12.0. The fraction of sp³-hybridized carbons (Fsp3) is 0.333. The fourth-order valence-corrected chi connectivity index (χ4v) is 2.36. The number of rotatable bonds is 5. The maximum Gasteiger partial charge on any atom is 0.161 e. The number of halogens is 1. The second-order valence-electron chi connectivity index (χ2n) is 4.15. The summed E-state index contributed by atoms with van der Waals surface area (Å²) in [4.78, 5) is 8.66. The van der Waals surface area contributed by atoms with E-state index >= 15 is 0 Å². The Morgan fingerprint density at radius 1 is 1.00 bits per heavy atom. The van der Waals surface area contributed by atoms with Gasteiger partial charge in [0.15, 0.2) is 11.5 Å². The highest BCUT2D eigenvalue weighted by molar-refractivity contribution is 9.10. The molecule has 4 nitrogen and oxygen atoms in total. The van der Waals surface area contributed by atoms with Gasteiger partial charge in [0, 0.05) is 5.56 Å². The molecule has 0 atom stereocenters. The molecule has 0 fully saturated rings. The number of ether oxygens (including phenoxy) is 2. The quantitative estimate of drug-likeness (QED) is 0.773. The van der Waals surface area contributed by atoms with Crippen LogP contribution in [0.4, 0.5) is 0 Å². The molecule has 0 aliphatic heterocycles. The van der Waals surface area contributed by atoms with E-state index in [0.717, 1.165) is 33.2 Å². The van der Waals surface area contributed by atoms with Crippen LogP contribution >= 0.6 is 15.9 Å². The standard InChI is InChI=1S/C15H17BrN2O2/c1-4-19-13-7-6-11(8-14(13)20-5-2)12-9-15(16)18-10(3)17-12/h6-9H,4-5H2,1-3H3. The molecule has 0 saturated heterocycles. The third kappa shape index (κ3) is 3.48. The molecule has 0 saturated carbocycles. The molecular weight excluding hydrogens is 320 g/mol. The van der Waals surface area contributed by atoms with Gasteiger partial charge in [-0.15, -0.1) is 0 Å². The van der Waals surface area contributed by atoms with Crippen LogP contribution in [-0.4, -0.2) is 23.2 Å². The summed E-state index contributed by atoms with van der Waals surface area (Å²) in [6.45, 7) is 6.97. The molecule has 0 spiro atoms. The van der Waals surface area contributed by atoms with Crippen LogP contribution < -0.4 is 9.47 Å². The van der Waals surface area contributed by atoms with Crippen molar-refractivity contribution in [3.8, 4) is 22.8 Å². The first-order chi connectivity index (χ1) is 9.63. The summed E-state index contributed by atoms with van der Waals surface area (Å²) in [7, 11) is 0. The molecule has 2 rings (SSSR count). The van der Waals surface area contributed by atoms with Gasteiger partial charge in [0.25, 0.3) is 0 Å². The average molecular weight is 337 g/mol. The predicted molar refractivity (Wildman–Crippen MR) is 82.2 cm³/mol. The summed E-state index contributed by atoms with van der Waals surface area (Å²) in [6, 6.07) is 7.72. The molecule has 0 bridgehead atoms. The summed E-state index contributed by atoms with van der Waals surface area (Å²) in [5.74, 6) is 2.21. The average Bonchev–Trinajstić information content (AvgIpc) is 2.40. The molecule has 0 N–H and O–H groups in total. The van der Waals surface area contributed by atoms with E-state index in [4.69, 9.17) is 9.47 Å². The zero-order valence-corrected chi connectivity index (χ0v) is 13.4. The SMILES string of the molecule is CCOc1ccc(-c2cc(Br)nc(C)n2)cc1OCC. The van der Waals surface area contributed by atoms with E-state index in [1.54, 1.807) is 0 Å². The molecular formula is C15H17BrN2O2. The number of hydrogen-bond acceptors (Lipinski definition) is 4.